The Morgan fingerprint density at radius 2 is 2.00 bits per heavy atom. The van der Waals surface area contributed by atoms with Gasteiger partial charge in [0.05, 0.1) is 5.02 Å². The van der Waals surface area contributed by atoms with E-state index in [0.29, 0.717) is 11.2 Å². The Morgan fingerprint density at radius 1 is 1.18 bits per heavy atom. The standard InChI is InChI=1S/C20H22ClFN4O2/c21-14-11-13(22)9-10-15(14)28-20-25-18-17(19(27)26-20)23-16(24-18)8-4-7-12-5-2-1-3-6-12/h9-12H,1-8H2,(H2,23,24,25,26,27). The molecule has 8 heteroatoms. The third-order valence-corrected chi connectivity index (χ3v) is 5.54. The summed E-state index contributed by atoms with van der Waals surface area (Å²) in [5.74, 6) is 1.30. The van der Waals surface area contributed by atoms with Crippen LogP contribution in [-0.4, -0.2) is 19.9 Å². The number of aromatic amines is 2. The van der Waals surface area contributed by atoms with E-state index in [1.807, 2.05) is 0 Å². The highest BCUT2D eigenvalue weighted by Crippen LogP contribution is 2.29. The fraction of sp³-hybridized carbons (Fsp3) is 0.450. The molecule has 0 atom stereocenters. The quantitative estimate of drug-likeness (QED) is 0.596. The number of hydrogen-bond acceptors (Lipinski definition) is 4. The number of halogens is 2. The normalized spacial score (nSPS) is 15.2. The average molecular weight is 405 g/mol. The first-order chi connectivity index (χ1) is 13.6. The van der Waals surface area contributed by atoms with Crippen LogP contribution >= 0.6 is 11.6 Å². The Morgan fingerprint density at radius 3 is 2.79 bits per heavy atom. The van der Waals surface area contributed by atoms with Crippen molar-refractivity contribution in [3.63, 3.8) is 0 Å². The molecule has 2 N–H and O–H groups in total. The number of ether oxygens (including phenoxy) is 1. The number of aromatic nitrogens is 4. The van der Waals surface area contributed by atoms with E-state index in [1.54, 1.807) is 0 Å². The molecule has 2 aromatic heterocycles. The first-order valence-electron chi connectivity index (χ1n) is 9.70. The minimum atomic E-state index is -0.473. The predicted molar refractivity (Wildman–Crippen MR) is 106 cm³/mol. The summed E-state index contributed by atoms with van der Waals surface area (Å²) in [6.45, 7) is 0. The Hall–Kier alpha value is -2.41. The van der Waals surface area contributed by atoms with Gasteiger partial charge >= 0.3 is 6.01 Å². The maximum absolute atomic E-state index is 13.2. The number of nitrogens with zero attached hydrogens (tertiary/aromatic N) is 2. The van der Waals surface area contributed by atoms with Crippen LogP contribution in [0.5, 0.6) is 11.8 Å². The average Bonchev–Trinajstić information content (AvgIpc) is 3.08. The van der Waals surface area contributed by atoms with Crippen molar-refractivity contribution in [3.05, 3.63) is 45.2 Å². The zero-order valence-corrected chi connectivity index (χ0v) is 16.2. The van der Waals surface area contributed by atoms with Crippen LogP contribution in [0.2, 0.25) is 5.02 Å². The lowest BCUT2D eigenvalue weighted by Gasteiger charge is -2.20. The first-order valence-corrected chi connectivity index (χ1v) is 10.1. The molecule has 148 valence electrons. The van der Waals surface area contributed by atoms with Crippen LogP contribution < -0.4 is 10.3 Å². The largest absolute Gasteiger partial charge is 0.424 e. The summed E-state index contributed by atoms with van der Waals surface area (Å²) < 4.78 is 18.7. The highest BCUT2D eigenvalue weighted by Gasteiger charge is 2.15. The van der Waals surface area contributed by atoms with E-state index in [2.05, 4.69) is 19.9 Å². The molecule has 1 aromatic carbocycles. The molecule has 28 heavy (non-hydrogen) atoms. The molecule has 0 spiro atoms. The molecule has 0 amide bonds. The fourth-order valence-electron chi connectivity index (χ4n) is 3.80. The lowest BCUT2D eigenvalue weighted by molar-refractivity contribution is 0.332. The van der Waals surface area contributed by atoms with E-state index in [0.717, 1.165) is 30.7 Å². The van der Waals surface area contributed by atoms with Crippen molar-refractivity contribution in [1.82, 2.24) is 19.9 Å². The van der Waals surface area contributed by atoms with Gasteiger partial charge in [-0.05, 0) is 30.5 Å². The van der Waals surface area contributed by atoms with Gasteiger partial charge in [0.25, 0.3) is 5.56 Å². The van der Waals surface area contributed by atoms with Gasteiger partial charge in [0.1, 0.15) is 17.4 Å². The third-order valence-electron chi connectivity index (χ3n) is 5.24. The van der Waals surface area contributed by atoms with Gasteiger partial charge in [-0.15, -0.1) is 0 Å². The second-order valence-corrected chi connectivity index (χ2v) is 7.73. The van der Waals surface area contributed by atoms with E-state index in [1.165, 1.54) is 50.7 Å². The van der Waals surface area contributed by atoms with Crippen molar-refractivity contribution < 1.29 is 9.13 Å². The van der Waals surface area contributed by atoms with Crippen molar-refractivity contribution in [2.75, 3.05) is 0 Å². The fourth-order valence-corrected chi connectivity index (χ4v) is 4.00. The SMILES string of the molecule is O=c1[nH]c(Oc2ccc(F)cc2Cl)nc2nc(CCCC3CCCCC3)[nH]c12. The topological polar surface area (TPSA) is 83.7 Å². The molecule has 0 radical (unpaired) electrons. The van der Waals surface area contributed by atoms with Gasteiger partial charge in [0.2, 0.25) is 0 Å². The molecule has 1 fully saturated rings. The van der Waals surface area contributed by atoms with Crippen LogP contribution in [0.3, 0.4) is 0 Å². The maximum atomic E-state index is 13.2. The number of rotatable bonds is 6. The number of hydrogen-bond donors (Lipinski definition) is 2. The first kappa shape index (κ1) is 18.9. The summed E-state index contributed by atoms with van der Waals surface area (Å²) in [6.07, 6.45) is 9.72. The zero-order chi connectivity index (χ0) is 19.5. The van der Waals surface area contributed by atoms with Crippen molar-refractivity contribution in [3.8, 4) is 11.8 Å². The number of nitrogens with one attached hydrogen (secondary N) is 2. The monoisotopic (exact) mass is 404 g/mol. The van der Waals surface area contributed by atoms with Crippen LogP contribution in [-0.2, 0) is 6.42 Å². The number of aryl methyl sites for hydroxylation is 1. The second-order valence-electron chi connectivity index (χ2n) is 7.33. The lowest BCUT2D eigenvalue weighted by atomic mass is 9.86. The summed E-state index contributed by atoms with van der Waals surface area (Å²) in [5, 5.41) is 0.0909. The molecule has 6 nitrogen and oxygen atoms in total. The second kappa shape index (κ2) is 8.31. The predicted octanol–water partition coefficient (Wildman–Crippen LogP) is 5.13. The molecule has 0 bridgehead atoms. The van der Waals surface area contributed by atoms with Crippen LogP contribution in [0.15, 0.2) is 23.0 Å². The summed E-state index contributed by atoms with van der Waals surface area (Å²) in [5.41, 5.74) is 0.249. The third kappa shape index (κ3) is 4.35. The summed E-state index contributed by atoms with van der Waals surface area (Å²) in [7, 11) is 0. The van der Waals surface area contributed by atoms with E-state index in [-0.39, 0.29) is 22.3 Å². The van der Waals surface area contributed by atoms with Crippen LogP contribution in [0, 0.1) is 11.7 Å². The zero-order valence-electron chi connectivity index (χ0n) is 15.4. The van der Waals surface area contributed by atoms with E-state index in [4.69, 9.17) is 16.3 Å². The van der Waals surface area contributed by atoms with Crippen molar-refractivity contribution in [2.24, 2.45) is 5.92 Å². The molecule has 2 heterocycles. The van der Waals surface area contributed by atoms with Gasteiger partial charge in [0.15, 0.2) is 11.2 Å². The van der Waals surface area contributed by atoms with Gasteiger partial charge in [-0.25, -0.2) is 9.37 Å². The Bertz CT molecular complexity index is 1030. The molecule has 4 rings (SSSR count). The lowest BCUT2D eigenvalue weighted by Crippen LogP contribution is -2.09. The summed E-state index contributed by atoms with van der Waals surface area (Å²) in [4.78, 5) is 26.6. The Labute approximate surface area is 166 Å². The number of benzene rings is 1. The molecule has 0 saturated heterocycles. The highest BCUT2D eigenvalue weighted by atomic mass is 35.5. The van der Waals surface area contributed by atoms with Gasteiger partial charge in [0, 0.05) is 6.42 Å². The molecular formula is C20H22ClFN4O2. The number of fused-ring (bicyclic) bond motifs is 1. The molecule has 3 aromatic rings. The summed E-state index contributed by atoms with van der Waals surface area (Å²) in [6, 6.07) is 3.69. The molecule has 0 unspecified atom stereocenters. The Kier molecular flexibility index (Phi) is 5.62. The van der Waals surface area contributed by atoms with Gasteiger partial charge in [-0.2, -0.15) is 4.98 Å². The van der Waals surface area contributed by atoms with Gasteiger partial charge in [-0.1, -0.05) is 50.1 Å². The molecule has 0 aliphatic heterocycles. The molecular weight excluding hydrogens is 383 g/mol. The van der Waals surface area contributed by atoms with Crippen molar-refractivity contribution >= 4 is 22.8 Å². The smallest absolute Gasteiger partial charge is 0.304 e. The highest BCUT2D eigenvalue weighted by molar-refractivity contribution is 6.32. The maximum Gasteiger partial charge on any atom is 0.304 e. The van der Waals surface area contributed by atoms with E-state index in [9.17, 15) is 9.18 Å². The molecule has 1 saturated carbocycles. The minimum Gasteiger partial charge on any atom is -0.424 e. The van der Waals surface area contributed by atoms with Crippen molar-refractivity contribution in [1.29, 1.82) is 0 Å². The van der Waals surface area contributed by atoms with E-state index < -0.39 is 5.82 Å². The van der Waals surface area contributed by atoms with E-state index >= 15 is 0 Å². The van der Waals surface area contributed by atoms with Crippen LogP contribution in [0.1, 0.15) is 50.8 Å². The Balaban J connectivity index is 1.46. The molecule has 1 aliphatic carbocycles. The summed E-state index contributed by atoms with van der Waals surface area (Å²) >= 11 is 5.96. The minimum absolute atomic E-state index is 0.0359. The van der Waals surface area contributed by atoms with Gasteiger partial charge < -0.3 is 9.72 Å². The molecule has 1 aliphatic rings. The number of imidazole rings is 1. The van der Waals surface area contributed by atoms with Crippen LogP contribution in [0.25, 0.3) is 11.2 Å². The number of H-pyrrole nitrogens is 2. The van der Waals surface area contributed by atoms with Crippen molar-refractivity contribution in [2.45, 2.75) is 51.4 Å². The van der Waals surface area contributed by atoms with Gasteiger partial charge in [-0.3, -0.25) is 9.78 Å². The van der Waals surface area contributed by atoms with Crippen LogP contribution in [0.4, 0.5) is 4.39 Å².